The van der Waals surface area contributed by atoms with Crippen LogP contribution in [0.5, 0.6) is 0 Å². The third-order valence-electron chi connectivity index (χ3n) is 2.22. The van der Waals surface area contributed by atoms with Crippen molar-refractivity contribution < 1.29 is 0 Å². The van der Waals surface area contributed by atoms with Gasteiger partial charge in [0.25, 0.3) is 0 Å². The molecule has 0 amide bonds. The SMILES string of the molecule is CNCCC=C(C)c1cccc(Cl)c1Cl. The molecule has 3 heteroatoms. The lowest BCUT2D eigenvalue weighted by Crippen LogP contribution is -2.06. The molecule has 0 aliphatic carbocycles. The van der Waals surface area contributed by atoms with E-state index in [2.05, 4.69) is 11.4 Å². The predicted molar refractivity (Wildman–Crippen MR) is 68.7 cm³/mol. The molecule has 0 atom stereocenters. The first-order valence-corrected chi connectivity index (χ1v) is 5.68. The van der Waals surface area contributed by atoms with Crippen LogP contribution in [0.1, 0.15) is 18.9 Å². The zero-order chi connectivity index (χ0) is 11.3. The van der Waals surface area contributed by atoms with Crippen LogP contribution in [0.25, 0.3) is 5.57 Å². The number of halogens is 2. The topological polar surface area (TPSA) is 12.0 Å². The Morgan fingerprint density at radius 1 is 1.40 bits per heavy atom. The highest BCUT2D eigenvalue weighted by Crippen LogP contribution is 2.30. The van der Waals surface area contributed by atoms with E-state index < -0.39 is 0 Å². The first-order valence-electron chi connectivity index (χ1n) is 4.92. The van der Waals surface area contributed by atoms with Crippen molar-refractivity contribution in [2.45, 2.75) is 13.3 Å². The Bertz CT molecular complexity index is 359. The third-order valence-corrected chi connectivity index (χ3v) is 3.04. The zero-order valence-electron chi connectivity index (χ0n) is 8.98. The summed E-state index contributed by atoms with van der Waals surface area (Å²) in [5.74, 6) is 0. The maximum atomic E-state index is 6.11. The first kappa shape index (κ1) is 12.6. The van der Waals surface area contributed by atoms with Gasteiger partial charge in [0.1, 0.15) is 0 Å². The Balaban J connectivity index is 2.86. The lowest BCUT2D eigenvalue weighted by molar-refractivity contribution is 0.808. The van der Waals surface area contributed by atoms with Gasteiger partial charge in [0.15, 0.2) is 0 Å². The van der Waals surface area contributed by atoms with Gasteiger partial charge in [0.2, 0.25) is 0 Å². The zero-order valence-corrected chi connectivity index (χ0v) is 10.5. The van der Waals surface area contributed by atoms with Crippen LogP contribution in [0.2, 0.25) is 10.0 Å². The quantitative estimate of drug-likeness (QED) is 0.789. The van der Waals surface area contributed by atoms with Crippen molar-refractivity contribution in [3.8, 4) is 0 Å². The smallest absolute Gasteiger partial charge is 0.0667 e. The van der Waals surface area contributed by atoms with Crippen LogP contribution in [0.3, 0.4) is 0 Å². The van der Waals surface area contributed by atoms with E-state index in [1.165, 1.54) is 0 Å². The van der Waals surface area contributed by atoms with Crippen LogP contribution in [0, 0.1) is 0 Å². The normalized spacial score (nSPS) is 11.9. The molecule has 1 rings (SSSR count). The number of hydrogen-bond donors (Lipinski definition) is 1. The summed E-state index contributed by atoms with van der Waals surface area (Å²) in [4.78, 5) is 0. The van der Waals surface area contributed by atoms with Gasteiger partial charge in [-0.3, -0.25) is 0 Å². The molecule has 1 aromatic rings. The van der Waals surface area contributed by atoms with Crippen molar-refractivity contribution >= 4 is 28.8 Å². The average Bonchev–Trinajstić information content (AvgIpc) is 2.22. The average molecular weight is 244 g/mol. The molecule has 0 unspecified atom stereocenters. The number of rotatable bonds is 4. The molecule has 0 heterocycles. The maximum Gasteiger partial charge on any atom is 0.0667 e. The van der Waals surface area contributed by atoms with Gasteiger partial charge < -0.3 is 5.32 Å². The van der Waals surface area contributed by atoms with Gasteiger partial charge in [-0.1, -0.05) is 41.4 Å². The Hall–Kier alpha value is -0.500. The van der Waals surface area contributed by atoms with Gasteiger partial charge >= 0.3 is 0 Å². The summed E-state index contributed by atoms with van der Waals surface area (Å²) >= 11 is 12.1. The van der Waals surface area contributed by atoms with Gasteiger partial charge in [-0.15, -0.1) is 0 Å². The van der Waals surface area contributed by atoms with Crippen molar-refractivity contribution in [2.24, 2.45) is 0 Å². The molecule has 0 aliphatic heterocycles. The Labute approximate surface area is 101 Å². The largest absolute Gasteiger partial charge is 0.319 e. The van der Waals surface area contributed by atoms with E-state index >= 15 is 0 Å². The van der Waals surface area contributed by atoms with Crippen molar-refractivity contribution in [3.63, 3.8) is 0 Å². The first-order chi connectivity index (χ1) is 7.16. The van der Waals surface area contributed by atoms with Gasteiger partial charge in [-0.2, -0.15) is 0 Å². The second-order valence-electron chi connectivity index (χ2n) is 3.38. The molecular formula is C12H15Cl2N. The molecule has 0 bridgehead atoms. The standard InChI is InChI=1S/C12H15Cl2N/c1-9(5-4-8-15-2)10-6-3-7-11(13)12(10)14/h3,5-7,15H,4,8H2,1-2H3. The molecule has 0 radical (unpaired) electrons. The van der Waals surface area contributed by atoms with Crippen molar-refractivity contribution in [2.75, 3.05) is 13.6 Å². The minimum Gasteiger partial charge on any atom is -0.319 e. The second-order valence-corrected chi connectivity index (χ2v) is 4.17. The molecule has 0 aliphatic rings. The van der Waals surface area contributed by atoms with Crippen molar-refractivity contribution in [1.82, 2.24) is 5.32 Å². The summed E-state index contributed by atoms with van der Waals surface area (Å²) in [6, 6.07) is 5.70. The van der Waals surface area contributed by atoms with Crippen LogP contribution < -0.4 is 5.32 Å². The molecule has 1 aromatic carbocycles. The third kappa shape index (κ3) is 3.53. The molecule has 1 nitrogen and oxygen atoms in total. The van der Waals surface area contributed by atoms with Gasteiger partial charge in [0.05, 0.1) is 10.0 Å². The number of hydrogen-bond acceptors (Lipinski definition) is 1. The number of allylic oxidation sites excluding steroid dienone is 1. The molecular weight excluding hydrogens is 229 g/mol. The molecule has 1 N–H and O–H groups in total. The predicted octanol–water partition coefficient (Wildman–Crippen LogP) is 4.01. The lowest BCUT2D eigenvalue weighted by Gasteiger charge is -2.06. The van der Waals surface area contributed by atoms with Crippen molar-refractivity contribution in [3.05, 3.63) is 39.9 Å². The summed E-state index contributed by atoms with van der Waals surface area (Å²) in [6.07, 6.45) is 3.15. The molecule has 0 saturated heterocycles. The monoisotopic (exact) mass is 243 g/mol. The maximum absolute atomic E-state index is 6.11. The van der Waals surface area contributed by atoms with Gasteiger partial charge in [-0.05, 0) is 44.1 Å². The molecule has 0 fully saturated rings. The molecule has 0 spiro atoms. The van der Waals surface area contributed by atoms with Crippen LogP contribution >= 0.6 is 23.2 Å². The highest BCUT2D eigenvalue weighted by molar-refractivity contribution is 6.43. The Kier molecular flexibility index (Phi) is 5.16. The van der Waals surface area contributed by atoms with E-state index in [1.54, 1.807) is 6.07 Å². The van der Waals surface area contributed by atoms with Crippen LogP contribution in [-0.4, -0.2) is 13.6 Å². The second kappa shape index (κ2) is 6.16. The van der Waals surface area contributed by atoms with Crippen LogP contribution in [0.15, 0.2) is 24.3 Å². The Morgan fingerprint density at radius 3 is 2.80 bits per heavy atom. The summed E-state index contributed by atoms with van der Waals surface area (Å²) in [5.41, 5.74) is 2.18. The van der Waals surface area contributed by atoms with E-state index in [1.807, 2.05) is 26.1 Å². The minimum atomic E-state index is 0.607. The molecule has 82 valence electrons. The fraction of sp³-hybridized carbons (Fsp3) is 0.333. The fourth-order valence-corrected chi connectivity index (χ4v) is 1.80. The number of nitrogens with one attached hydrogen (secondary N) is 1. The lowest BCUT2D eigenvalue weighted by atomic mass is 10.1. The van der Waals surface area contributed by atoms with Crippen LogP contribution in [0.4, 0.5) is 0 Å². The van der Waals surface area contributed by atoms with E-state index in [4.69, 9.17) is 23.2 Å². The van der Waals surface area contributed by atoms with Gasteiger partial charge in [0, 0.05) is 0 Å². The summed E-state index contributed by atoms with van der Waals surface area (Å²) < 4.78 is 0. The van der Waals surface area contributed by atoms with E-state index in [0.29, 0.717) is 10.0 Å². The van der Waals surface area contributed by atoms with Crippen molar-refractivity contribution in [1.29, 1.82) is 0 Å². The summed E-state index contributed by atoms with van der Waals surface area (Å²) in [5, 5.41) is 4.34. The van der Waals surface area contributed by atoms with Gasteiger partial charge in [-0.25, -0.2) is 0 Å². The van der Waals surface area contributed by atoms with E-state index in [0.717, 1.165) is 24.1 Å². The highest BCUT2D eigenvalue weighted by Gasteiger charge is 2.04. The summed E-state index contributed by atoms with van der Waals surface area (Å²) in [7, 11) is 1.94. The van der Waals surface area contributed by atoms with Crippen LogP contribution in [-0.2, 0) is 0 Å². The van der Waals surface area contributed by atoms with E-state index in [-0.39, 0.29) is 0 Å². The van der Waals surface area contributed by atoms with E-state index in [9.17, 15) is 0 Å². The fourth-order valence-electron chi connectivity index (χ4n) is 1.35. The minimum absolute atomic E-state index is 0.607. The molecule has 0 aromatic heterocycles. The molecule has 15 heavy (non-hydrogen) atoms. The summed E-state index contributed by atoms with van der Waals surface area (Å²) in [6.45, 7) is 3.02. The highest BCUT2D eigenvalue weighted by atomic mass is 35.5. The number of benzene rings is 1. The Morgan fingerprint density at radius 2 is 2.13 bits per heavy atom. The molecule has 0 saturated carbocycles.